The molecule has 0 atom stereocenters. The number of hydrogen-bond donors (Lipinski definition) is 2. The number of carboxylic acid groups (broad SMARTS) is 1. The molecule has 0 aromatic heterocycles. The first-order valence-corrected chi connectivity index (χ1v) is 5.42. The highest BCUT2D eigenvalue weighted by molar-refractivity contribution is 5.89. The zero-order chi connectivity index (χ0) is 11.5. The van der Waals surface area contributed by atoms with Gasteiger partial charge in [0.05, 0.1) is 5.56 Å². The van der Waals surface area contributed by atoms with Crippen LogP contribution in [0, 0.1) is 6.92 Å². The Kier molecular flexibility index (Phi) is 3.06. The van der Waals surface area contributed by atoms with Crippen molar-refractivity contribution < 1.29 is 9.90 Å². The average molecular weight is 217 g/mol. The normalized spacial score (nSPS) is 15.7. The number of carboxylic acids is 1. The molecule has 16 heavy (non-hydrogen) atoms. The summed E-state index contributed by atoms with van der Waals surface area (Å²) in [4.78, 5) is 10.9. The predicted octanol–water partition coefficient (Wildman–Crippen LogP) is 2.07. The third kappa shape index (κ3) is 2.14. The summed E-state index contributed by atoms with van der Waals surface area (Å²) in [7, 11) is 0. The van der Waals surface area contributed by atoms with E-state index in [0.29, 0.717) is 5.56 Å². The highest BCUT2D eigenvalue weighted by Gasteiger charge is 2.11. The third-order valence-corrected chi connectivity index (χ3v) is 2.86. The minimum atomic E-state index is -0.870. The summed E-state index contributed by atoms with van der Waals surface area (Å²) in [5.41, 5.74) is 3.73. The van der Waals surface area contributed by atoms with Crippen molar-refractivity contribution >= 4 is 11.5 Å². The van der Waals surface area contributed by atoms with E-state index in [4.69, 9.17) is 5.11 Å². The summed E-state index contributed by atoms with van der Waals surface area (Å²) >= 11 is 0. The molecule has 1 heterocycles. The van der Waals surface area contributed by atoms with Crippen molar-refractivity contribution in [1.82, 2.24) is 5.32 Å². The number of hydrogen-bond acceptors (Lipinski definition) is 2. The van der Waals surface area contributed by atoms with Crippen LogP contribution in [0.5, 0.6) is 0 Å². The van der Waals surface area contributed by atoms with Gasteiger partial charge in [0.1, 0.15) is 0 Å². The Hall–Kier alpha value is -1.61. The number of aryl methyl sites for hydroxylation is 1. The summed E-state index contributed by atoms with van der Waals surface area (Å²) in [6, 6.07) is 5.28. The lowest BCUT2D eigenvalue weighted by Gasteiger charge is -2.16. The Morgan fingerprint density at radius 1 is 1.44 bits per heavy atom. The monoisotopic (exact) mass is 217 g/mol. The SMILES string of the molecule is Cc1ccc(C(=O)O)cc1C1=CCCNC1. The fourth-order valence-electron chi connectivity index (χ4n) is 1.95. The van der Waals surface area contributed by atoms with E-state index in [1.807, 2.05) is 13.0 Å². The standard InChI is InChI=1S/C13H15NO2/c1-9-4-5-10(13(15)16)7-12(9)11-3-2-6-14-8-11/h3-5,7,14H,2,6,8H2,1H3,(H,15,16). The van der Waals surface area contributed by atoms with Crippen LogP contribution in [-0.2, 0) is 0 Å². The molecule has 0 aliphatic carbocycles. The van der Waals surface area contributed by atoms with E-state index < -0.39 is 5.97 Å². The van der Waals surface area contributed by atoms with Gasteiger partial charge >= 0.3 is 5.97 Å². The fraction of sp³-hybridized carbons (Fsp3) is 0.308. The van der Waals surface area contributed by atoms with Crippen LogP contribution in [0.3, 0.4) is 0 Å². The Balaban J connectivity index is 2.42. The maximum absolute atomic E-state index is 10.9. The lowest BCUT2D eigenvalue weighted by atomic mass is 9.96. The summed E-state index contributed by atoms with van der Waals surface area (Å²) in [5, 5.41) is 12.3. The van der Waals surface area contributed by atoms with Crippen LogP contribution in [-0.4, -0.2) is 24.2 Å². The minimum Gasteiger partial charge on any atom is -0.478 e. The largest absolute Gasteiger partial charge is 0.478 e. The Morgan fingerprint density at radius 2 is 2.25 bits per heavy atom. The molecule has 0 radical (unpaired) electrons. The number of benzene rings is 1. The van der Waals surface area contributed by atoms with Gasteiger partial charge < -0.3 is 10.4 Å². The molecule has 0 saturated carbocycles. The zero-order valence-corrected chi connectivity index (χ0v) is 9.29. The Morgan fingerprint density at radius 3 is 2.88 bits per heavy atom. The van der Waals surface area contributed by atoms with Gasteiger partial charge in [-0.15, -0.1) is 0 Å². The van der Waals surface area contributed by atoms with Gasteiger partial charge in [0.15, 0.2) is 0 Å². The lowest BCUT2D eigenvalue weighted by Crippen LogP contribution is -2.21. The molecule has 0 amide bonds. The number of rotatable bonds is 2. The van der Waals surface area contributed by atoms with Crippen molar-refractivity contribution in [2.75, 3.05) is 13.1 Å². The molecule has 0 unspecified atom stereocenters. The van der Waals surface area contributed by atoms with E-state index >= 15 is 0 Å². The smallest absolute Gasteiger partial charge is 0.335 e. The second kappa shape index (κ2) is 4.49. The van der Waals surface area contributed by atoms with Crippen LogP contribution >= 0.6 is 0 Å². The molecule has 3 nitrogen and oxygen atoms in total. The second-order valence-electron chi connectivity index (χ2n) is 4.03. The van der Waals surface area contributed by atoms with Crippen LogP contribution < -0.4 is 5.32 Å². The number of carbonyl (C=O) groups is 1. The van der Waals surface area contributed by atoms with E-state index in [0.717, 1.165) is 30.6 Å². The first-order valence-electron chi connectivity index (χ1n) is 5.42. The molecular weight excluding hydrogens is 202 g/mol. The van der Waals surface area contributed by atoms with E-state index in [2.05, 4.69) is 11.4 Å². The Labute approximate surface area is 94.8 Å². The van der Waals surface area contributed by atoms with E-state index in [1.54, 1.807) is 12.1 Å². The van der Waals surface area contributed by atoms with Gasteiger partial charge in [-0.3, -0.25) is 0 Å². The molecule has 2 rings (SSSR count). The minimum absolute atomic E-state index is 0.354. The molecule has 0 saturated heterocycles. The summed E-state index contributed by atoms with van der Waals surface area (Å²) in [6.45, 7) is 3.83. The Bertz CT molecular complexity index is 449. The molecule has 3 heteroatoms. The quantitative estimate of drug-likeness (QED) is 0.797. The first-order chi connectivity index (χ1) is 7.68. The van der Waals surface area contributed by atoms with Crippen molar-refractivity contribution in [2.45, 2.75) is 13.3 Å². The van der Waals surface area contributed by atoms with Crippen molar-refractivity contribution in [3.05, 3.63) is 41.0 Å². The van der Waals surface area contributed by atoms with Crippen molar-refractivity contribution in [2.24, 2.45) is 0 Å². The van der Waals surface area contributed by atoms with Crippen molar-refractivity contribution in [1.29, 1.82) is 0 Å². The number of aromatic carboxylic acids is 1. The van der Waals surface area contributed by atoms with Crippen molar-refractivity contribution in [3.63, 3.8) is 0 Å². The van der Waals surface area contributed by atoms with Crippen LogP contribution in [0.25, 0.3) is 5.57 Å². The van der Waals surface area contributed by atoms with E-state index in [-0.39, 0.29) is 0 Å². The summed E-state index contributed by atoms with van der Waals surface area (Å²) in [6.07, 6.45) is 3.19. The molecular formula is C13H15NO2. The van der Waals surface area contributed by atoms with Crippen LogP contribution in [0.2, 0.25) is 0 Å². The van der Waals surface area contributed by atoms with Crippen LogP contribution in [0.15, 0.2) is 24.3 Å². The molecule has 0 spiro atoms. The van der Waals surface area contributed by atoms with E-state index in [9.17, 15) is 4.79 Å². The molecule has 1 aliphatic rings. The summed E-state index contributed by atoms with van der Waals surface area (Å²) < 4.78 is 0. The van der Waals surface area contributed by atoms with Gasteiger partial charge in [-0.05, 0) is 48.7 Å². The summed E-state index contributed by atoms with van der Waals surface area (Å²) in [5.74, 6) is -0.870. The average Bonchev–Trinajstić information content (AvgIpc) is 2.30. The topological polar surface area (TPSA) is 49.3 Å². The molecule has 84 valence electrons. The van der Waals surface area contributed by atoms with Gasteiger partial charge in [0.25, 0.3) is 0 Å². The fourth-order valence-corrected chi connectivity index (χ4v) is 1.95. The van der Waals surface area contributed by atoms with Crippen LogP contribution in [0.4, 0.5) is 0 Å². The zero-order valence-electron chi connectivity index (χ0n) is 9.29. The van der Waals surface area contributed by atoms with Gasteiger partial charge in [0, 0.05) is 6.54 Å². The molecule has 0 fully saturated rings. The van der Waals surface area contributed by atoms with Gasteiger partial charge in [-0.25, -0.2) is 4.79 Å². The molecule has 2 N–H and O–H groups in total. The highest BCUT2D eigenvalue weighted by Crippen LogP contribution is 2.22. The lowest BCUT2D eigenvalue weighted by molar-refractivity contribution is 0.0697. The molecule has 0 bridgehead atoms. The van der Waals surface area contributed by atoms with Crippen molar-refractivity contribution in [3.8, 4) is 0 Å². The maximum Gasteiger partial charge on any atom is 0.335 e. The molecule has 1 aromatic carbocycles. The van der Waals surface area contributed by atoms with Crippen LogP contribution in [0.1, 0.15) is 27.9 Å². The first kappa shape index (κ1) is 10.9. The highest BCUT2D eigenvalue weighted by atomic mass is 16.4. The third-order valence-electron chi connectivity index (χ3n) is 2.86. The van der Waals surface area contributed by atoms with Gasteiger partial charge in [0.2, 0.25) is 0 Å². The van der Waals surface area contributed by atoms with Gasteiger partial charge in [-0.2, -0.15) is 0 Å². The second-order valence-corrected chi connectivity index (χ2v) is 4.03. The van der Waals surface area contributed by atoms with Gasteiger partial charge in [-0.1, -0.05) is 12.1 Å². The number of nitrogens with one attached hydrogen (secondary N) is 1. The predicted molar refractivity (Wildman–Crippen MR) is 63.6 cm³/mol. The van der Waals surface area contributed by atoms with E-state index in [1.165, 1.54) is 5.57 Å². The molecule has 1 aromatic rings. The molecule has 1 aliphatic heterocycles. The maximum atomic E-state index is 10.9.